The van der Waals surface area contributed by atoms with Crippen molar-refractivity contribution in [2.24, 2.45) is 5.41 Å². The Hall–Kier alpha value is -0.920. The van der Waals surface area contributed by atoms with Crippen LogP contribution in [0.15, 0.2) is 11.6 Å². The summed E-state index contributed by atoms with van der Waals surface area (Å²) >= 11 is 0. The van der Waals surface area contributed by atoms with Gasteiger partial charge in [0, 0.05) is 26.7 Å². The summed E-state index contributed by atoms with van der Waals surface area (Å²) in [4.78, 5) is 11.7. The van der Waals surface area contributed by atoms with Crippen LogP contribution < -0.4 is 0 Å². The van der Waals surface area contributed by atoms with Crippen molar-refractivity contribution in [2.75, 3.05) is 26.7 Å². The van der Waals surface area contributed by atoms with Crippen LogP contribution in [0.25, 0.3) is 0 Å². The largest absolute Gasteiger partial charge is 0.481 e. The van der Waals surface area contributed by atoms with E-state index in [9.17, 15) is 18.3 Å². The first-order valence-corrected chi connectivity index (χ1v) is 8.63. The van der Waals surface area contributed by atoms with Gasteiger partial charge in [-0.15, -0.1) is 0 Å². The first-order chi connectivity index (χ1) is 9.65. The fourth-order valence-electron chi connectivity index (χ4n) is 2.47. The van der Waals surface area contributed by atoms with Gasteiger partial charge >= 0.3 is 5.97 Å². The molecule has 0 spiro atoms. The van der Waals surface area contributed by atoms with Crippen molar-refractivity contribution in [2.45, 2.75) is 40.0 Å². The summed E-state index contributed by atoms with van der Waals surface area (Å²) in [5.74, 6) is -0.918. The third-order valence-electron chi connectivity index (χ3n) is 4.06. The van der Waals surface area contributed by atoms with Gasteiger partial charge in [-0.3, -0.25) is 4.79 Å². The first kappa shape index (κ1) is 18.1. The number of rotatable bonds is 6. The summed E-state index contributed by atoms with van der Waals surface area (Å²) in [6, 6.07) is 0. The number of allylic oxidation sites excluding steroid dienone is 2. The molecule has 1 atom stereocenters. The Balaban J connectivity index is 3.05. The molecule has 0 aromatic rings. The van der Waals surface area contributed by atoms with E-state index in [1.807, 2.05) is 19.9 Å². The highest BCUT2D eigenvalue weighted by Crippen LogP contribution is 2.36. The molecule has 0 radical (unpaired) electrons. The van der Waals surface area contributed by atoms with Crippen LogP contribution in [-0.4, -0.2) is 54.8 Å². The van der Waals surface area contributed by atoms with Gasteiger partial charge in [-0.2, -0.15) is 17.0 Å². The average Bonchev–Trinajstić information content (AvgIpc) is 2.44. The highest BCUT2D eigenvalue weighted by molar-refractivity contribution is 7.86. The number of carboxylic acid groups (broad SMARTS) is 1. The minimum absolute atomic E-state index is 0.0405. The number of nitrogens with zero attached hydrogens (tertiary/aromatic N) is 2. The van der Waals surface area contributed by atoms with E-state index in [1.54, 1.807) is 6.92 Å². The van der Waals surface area contributed by atoms with Crippen molar-refractivity contribution >= 4 is 16.2 Å². The molecule has 1 N–H and O–H groups in total. The van der Waals surface area contributed by atoms with E-state index >= 15 is 0 Å². The van der Waals surface area contributed by atoms with Crippen LogP contribution in [0.2, 0.25) is 0 Å². The minimum Gasteiger partial charge on any atom is -0.481 e. The zero-order valence-electron chi connectivity index (χ0n) is 13.3. The first-order valence-electron chi connectivity index (χ1n) is 7.24. The van der Waals surface area contributed by atoms with E-state index in [0.29, 0.717) is 32.4 Å². The van der Waals surface area contributed by atoms with Crippen molar-refractivity contribution < 1.29 is 18.3 Å². The van der Waals surface area contributed by atoms with Gasteiger partial charge in [0.2, 0.25) is 0 Å². The van der Waals surface area contributed by atoms with Crippen LogP contribution in [0.4, 0.5) is 0 Å². The van der Waals surface area contributed by atoms with E-state index < -0.39 is 21.6 Å². The molecule has 1 heterocycles. The van der Waals surface area contributed by atoms with Gasteiger partial charge in [0.25, 0.3) is 10.2 Å². The van der Waals surface area contributed by atoms with Crippen molar-refractivity contribution in [3.63, 3.8) is 0 Å². The third-order valence-corrected chi connectivity index (χ3v) is 6.07. The lowest BCUT2D eigenvalue weighted by molar-refractivity contribution is -0.151. The predicted molar refractivity (Wildman–Crippen MR) is 82.1 cm³/mol. The Labute approximate surface area is 127 Å². The average molecular weight is 318 g/mol. The van der Waals surface area contributed by atoms with Gasteiger partial charge in [0.15, 0.2) is 0 Å². The van der Waals surface area contributed by atoms with Gasteiger partial charge in [-0.25, -0.2) is 0 Å². The second kappa shape index (κ2) is 6.89. The topological polar surface area (TPSA) is 77.9 Å². The van der Waals surface area contributed by atoms with Crippen LogP contribution in [0.1, 0.15) is 40.0 Å². The summed E-state index contributed by atoms with van der Waals surface area (Å²) in [5.41, 5.74) is 0.0262. The zero-order valence-corrected chi connectivity index (χ0v) is 14.1. The molecule has 0 bridgehead atoms. The lowest BCUT2D eigenvalue weighted by atomic mass is 9.77. The van der Waals surface area contributed by atoms with Gasteiger partial charge in [0.05, 0.1) is 5.41 Å². The van der Waals surface area contributed by atoms with E-state index in [2.05, 4.69) is 0 Å². The quantitative estimate of drug-likeness (QED) is 0.756. The summed E-state index contributed by atoms with van der Waals surface area (Å²) < 4.78 is 27.4. The standard InChI is InChI=1S/C14H26N2O4S/c1-5-15(4)21(19,20)16-10-6-8-14(11-16,13(17)18)9-7-12(2)3/h7H,5-6,8-11H2,1-4H3,(H,17,18)/t14-/m0/s1. The Morgan fingerprint density at radius 1 is 1.43 bits per heavy atom. The van der Waals surface area contributed by atoms with Crippen LogP contribution in [0, 0.1) is 5.41 Å². The van der Waals surface area contributed by atoms with Crippen molar-refractivity contribution in [3.8, 4) is 0 Å². The Kier molecular flexibility index (Phi) is 5.95. The Bertz CT molecular complexity index is 511. The third kappa shape index (κ3) is 4.05. The zero-order chi connectivity index (χ0) is 16.3. The summed E-state index contributed by atoms with van der Waals surface area (Å²) in [7, 11) is -2.06. The molecule has 122 valence electrons. The molecule has 0 saturated carbocycles. The van der Waals surface area contributed by atoms with Crippen molar-refractivity contribution in [1.82, 2.24) is 8.61 Å². The normalized spacial score (nSPS) is 24.0. The Morgan fingerprint density at radius 2 is 2.05 bits per heavy atom. The molecule has 0 unspecified atom stereocenters. The fourth-order valence-corrected chi connectivity index (χ4v) is 3.97. The summed E-state index contributed by atoms with van der Waals surface area (Å²) in [6.07, 6.45) is 3.33. The van der Waals surface area contributed by atoms with Gasteiger partial charge in [0.1, 0.15) is 0 Å². The number of hydrogen-bond donors (Lipinski definition) is 1. The van der Waals surface area contributed by atoms with Gasteiger partial charge in [-0.05, 0) is 33.1 Å². The van der Waals surface area contributed by atoms with Gasteiger partial charge in [-0.1, -0.05) is 18.6 Å². The number of carboxylic acids is 1. The molecule has 1 rings (SSSR count). The molecule has 21 heavy (non-hydrogen) atoms. The molecular weight excluding hydrogens is 292 g/mol. The summed E-state index contributed by atoms with van der Waals surface area (Å²) in [5, 5.41) is 9.62. The highest BCUT2D eigenvalue weighted by atomic mass is 32.2. The lowest BCUT2D eigenvalue weighted by Crippen LogP contribution is -2.53. The number of piperidine rings is 1. The van der Waals surface area contributed by atoms with Crippen LogP contribution in [-0.2, 0) is 15.0 Å². The molecule has 1 aliphatic rings. The van der Waals surface area contributed by atoms with Gasteiger partial charge < -0.3 is 5.11 Å². The molecule has 0 amide bonds. The van der Waals surface area contributed by atoms with E-state index in [0.717, 1.165) is 5.57 Å². The predicted octanol–water partition coefficient (Wildman–Crippen LogP) is 1.71. The monoisotopic (exact) mass is 318 g/mol. The maximum absolute atomic E-state index is 12.4. The molecule has 6 nitrogen and oxygen atoms in total. The molecule has 1 fully saturated rings. The van der Waals surface area contributed by atoms with Crippen LogP contribution in [0.5, 0.6) is 0 Å². The van der Waals surface area contributed by atoms with Crippen LogP contribution >= 0.6 is 0 Å². The molecule has 1 aliphatic heterocycles. The van der Waals surface area contributed by atoms with E-state index in [1.165, 1.54) is 15.7 Å². The molecule has 0 aromatic heterocycles. The lowest BCUT2D eigenvalue weighted by Gasteiger charge is -2.40. The number of hydrogen-bond acceptors (Lipinski definition) is 3. The molecule has 0 aromatic carbocycles. The van der Waals surface area contributed by atoms with Crippen molar-refractivity contribution in [3.05, 3.63) is 11.6 Å². The smallest absolute Gasteiger partial charge is 0.311 e. The summed E-state index contributed by atoms with van der Waals surface area (Å²) in [6.45, 7) is 6.38. The van der Waals surface area contributed by atoms with E-state index in [-0.39, 0.29) is 6.54 Å². The van der Waals surface area contributed by atoms with Crippen LogP contribution in [0.3, 0.4) is 0 Å². The molecular formula is C14H26N2O4S. The molecule has 1 saturated heterocycles. The van der Waals surface area contributed by atoms with Crippen molar-refractivity contribution in [1.29, 1.82) is 0 Å². The maximum Gasteiger partial charge on any atom is 0.311 e. The fraction of sp³-hybridized carbons (Fsp3) is 0.786. The second-order valence-electron chi connectivity index (χ2n) is 5.93. The second-order valence-corrected chi connectivity index (χ2v) is 7.97. The molecule has 7 heteroatoms. The highest BCUT2D eigenvalue weighted by Gasteiger charge is 2.45. The Morgan fingerprint density at radius 3 is 2.52 bits per heavy atom. The SMILES string of the molecule is CCN(C)S(=O)(=O)N1CCC[C@@](CC=C(C)C)(C(=O)O)C1. The maximum atomic E-state index is 12.4. The minimum atomic E-state index is -3.57. The number of aliphatic carboxylic acids is 1. The number of carbonyl (C=O) groups is 1. The van der Waals surface area contributed by atoms with E-state index in [4.69, 9.17) is 0 Å². The molecule has 0 aliphatic carbocycles.